The number of rotatable bonds is 2. The molecule has 0 amide bonds. The van der Waals surface area contributed by atoms with Crippen LogP contribution in [0.15, 0.2) is 0 Å². The van der Waals surface area contributed by atoms with Gasteiger partial charge in [-0.2, -0.15) is 11.8 Å². The number of thioether (sulfide) groups is 1. The number of nitrogens with one attached hydrogen (secondary N) is 1. The first kappa shape index (κ1) is 13.6. The maximum absolute atomic E-state index is 3.50. The summed E-state index contributed by atoms with van der Waals surface area (Å²) in [5.74, 6) is 2.25. The number of hydrogen-bond acceptors (Lipinski definition) is 3. The van der Waals surface area contributed by atoms with Crippen LogP contribution >= 0.6 is 24.2 Å². The zero-order chi connectivity index (χ0) is 9.80. The minimum absolute atomic E-state index is 0. The highest BCUT2D eigenvalue weighted by Crippen LogP contribution is 2.20. The third kappa shape index (κ3) is 4.51. The second kappa shape index (κ2) is 7.00. The third-order valence-corrected chi connectivity index (χ3v) is 4.38. The van der Waals surface area contributed by atoms with Gasteiger partial charge in [0.25, 0.3) is 0 Å². The Morgan fingerprint density at radius 3 is 3.00 bits per heavy atom. The molecular weight excluding hydrogens is 228 g/mol. The van der Waals surface area contributed by atoms with E-state index < -0.39 is 0 Å². The molecule has 90 valence electrons. The van der Waals surface area contributed by atoms with Crippen molar-refractivity contribution in [3.8, 4) is 0 Å². The van der Waals surface area contributed by atoms with Gasteiger partial charge in [0, 0.05) is 30.6 Å². The predicted octanol–water partition coefficient (Wildman–Crippen LogP) is 1.85. The first-order valence-electron chi connectivity index (χ1n) is 5.89. The number of halogens is 1. The average Bonchev–Trinajstić information content (AvgIpc) is 2.19. The Kier molecular flexibility index (Phi) is 6.36. The topological polar surface area (TPSA) is 15.3 Å². The van der Waals surface area contributed by atoms with Crippen molar-refractivity contribution >= 4 is 24.2 Å². The molecule has 0 aromatic carbocycles. The molecule has 15 heavy (non-hydrogen) atoms. The molecule has 0 spiro atoms. The molecule has 2 aliphatic heterocycles. The maximum Gasteiger partial charge on any atom is 0.0147 e. The van der Waals surface area contributed by atoms with Gasteiger partial charge >= 0.3 is 0 Å². The van der Waals surface area contributed by atoms with E-state index >= 15 is 0 Å². The first-order chi connectivity index (χ1) is 6.84. The predicted molar refractivity (Wildman–Crippen MR) is 71.2 cm³/mol. The van der Waals surface area contributed by atoms with Crippen LogP contribution in [0.2, 0.25) is 0 Å². The van der Waals surface area contributed by atoms with Crippen molar-refractivity contribution in [3.63, 3.8) is 0 Å². The van der Waals surface area contributed by atoms with Crippen molar-refractivity contribution in [1.82, 2.24) is 10.2 Å². The lowest BCUT2D eigenvalue weighted by Gasteiger charge is -2.34. The van der Waals surface area contributed by atoms with Crippen LogP contribution in [0.4, 0.5) is 0 Å². The zero-order valence-corrected chi connectivity index (χ0v) is 11.2. The van der Waals surface area contributed by atoms with E-state index in [1.807, 2.05) is 0 Å². The molecular formula is C11H23ClN2S. The van der Waals surface area contributed by atoms with E-state index in [0.717, 1.165) is 11.2 Å². The summed E-state index contributed by atoms with van der Waals surface area (Å²) >= 11 is 2.13. The van der Waals surface area contributed by atoms with Crippen molar-refractivity contribution in [3.05, 3.63) is 0 Å². The molecule has 2 rings (SSSR count). The van der Waals surface area contributed by atoms with Gasteiger partial charge in [-0.1, -0.05) is 6.92 Å². The van der Waals surface area contributed by atoms with Crippen molar-refractivity contribution in [2.24, 2.45) is 5.92 Å². The molecule has 2 saturated heterocycles. The minimum atomic E-state index is 0. The molecule has 2 heterocycles. The van der Waals surface area contributed by atoms with Crippen molar-refractivity contribution in [2.45, 2.75) is 25.0 Å². The molecule has 2 unspecified atom stereocenters. The van der Waals surface area contributed by atoms with E-state index in [-0.39, 0.29) is 12.4 Å². The summed E-state index contributed by atoms with van der Waals surface area (Å²) < 4.78 is 0. The van der Waals surface area contributed by atoms with E-state index in [1.54, 1.807) is 0 Å². The monoisotopic (exact) mass is 250 g/mol. The van der Waals surface area contributed by atoms with Crippen LogP contribution in [0.1, 0.15) is 19.8 Å². The standard InChI is InChI=1S/C11H22N2S.ClH/c1-10-8-13(5-6-14-10)9-11-3-2-4-12-7-11;/h10-12H,2-9H2,1H3;1H. The van der Waals surface area contributed by atoms with Gasteiger partial charge in [0.2, 0.25) is 0 Å². The molecule has 2 aliphatic rings. The van der Waals surface area contributed by atoms with Crippen LogP contribution in [0.25, 0.3) is 0 Å². The number of nitrogens with zero attached hydrogens (tertiary/aromatic N) is 1. The SMILES string of the molecule is CC1CN(CC2CCCNC2)CCS1.Cl. The molecule has 0 saturated carbocycles. The van der Waals surface area contributed by atoms with E-state index in [2.05, 4.69) is 28.9 Å². The Morgan fingerprint density at radius 2 is 2.33 bits per heavy atom. The highest BCUT2D eigenvalue weighted by atomic mass is 35.5. The Labute approximate surface area is 104 Å². The lowest BCUT2D eigenvalue weighted by atomic mass is 9.99. The fourth-order valence-corrected chi connectivity index (χ4v) is 3.58. The largest absolute Gasteiger partial charge is 0.316 e. The Hall–Kier alpha value is 0.560. The van der Waals surface area contributed by atoms with Crippen LogP contribution in [0, 0.1) is 5.92 Å². The summed E-state index contributed by atoms with van der Waals surface area (Å²) in [6, 6.07) is 0. The Bertz CT molecular complexity index is 174. The highest BCUT2D eigenvalue weighted by molar-refractivity contribution is 7.99. The lowest BCUT2D eigenvalue weighted by Crippen LogP contribution is -2.43. The van der Waals surface area contributed by atoms with Crippen molar-refractivity contribution < 1.29 is 0 Å². The fourth-order valence-electron chi connectivity index (χ4n) is 2.50. The van der Waals surface area contributed by atoms with E-state index in [4.69, 9.17) is 0 Å². The summed E-state index contributed by atoms with van der Waals surface area (Å²) in [7, 11) is 0. The fraction of sp³-hybridized carbons (Fsp3) is 1.00. The summed E-state index contributed by atoms with van der Waals surface area (Å²) in [5, 5.41) is 4.35. The molecule has 2 nitrogen and oxygen atoms in total. The average molecular weight is 251 g/mol. The normalized spacial score (nSPS) is 33.4. The van der Waals surface area contributed by atoms with Gasteiger partial charge in [0.1, 0.15) is 0 Å². The maximum atomic E-state index is 3.50. The van der Waals surface area contributed by atoms with Gasteiger partial charge in [0.15, 0.2) is 0 Å². The van der Waals surface area contributed by atoms with Crippen LogP contribution in [-0.4, -0.2) is 48.6 Å². The molecule has 1 N–H and O–H groups in total. The first-order valence-corrected chi connectivity index (χ1v) is 6.94. The quantitative estimate of drug-likeness (QED) is 0.805. The van der Waals surface area contributed by atoms with Gasteiger partial charge in [-0.05, 0) is 31.8 Å². The van der Waals surface area contributed by atoms with Crippen molar-refractivity contribution in [1.29, 1.82) is 0 Å². The number of piperidine rings is 1. The molecule has 2 fully saturated rings. The van der Waals surface area contributed by atoms with Crippen LogP contribution < -0.4 is 5.32 Å². The van der Waals surface area contributed by atoms with E-state index in [1.165, 1.54) is 51.3 Å². The third-order valence-electron chi connectivity index (χ3n) is 3.24. The summed E-state index contributed by atoms with van der Waals surface area (Å²) in [5.41, 5.74) is 0. The lowest BCUT2D eigenvalue weighted by molar-refractivity contribution is 0.215. The molecule has 0 aromatic rings. The van der Waals surface area contributed by atoms with Gasteiger partial charge in [-0.25, -0.2) is 0 Å². The van der Waals surface area contributed by atoms with Crippen molar-refractivity contribution in [2.75, 3.05) is 38.5 Å². The summed E-state index contributed by atoms with van der Waals surface area (Å²) in [4.78, 5) is 2.67. The highest BCUT2D eigenvalue weighted by Gasteiger charge is 2.21. The van der Waals surface area contributed by atoms with Gasteiger partial charge < -0.3 is 10.2 Å². The molecule has 0 aromatic heterocycles. The Morgan fingerprint density at radius 1 is 1.47 bits per heavy atom. The van der Waals surface area contributed by atoms with Crippen LogP contribution in [0.5, 0.6) is 0 Å². The smallest absolute Gasteiger partial charge is 0.0147 e. The summed E-state index contributed by atoms with van der Waals surface area (Å²) in [6.45, 7) is 8.79. The second-order valence-corrected chi connectivity index (χ2v) is 6.20. The molecule has 0 bridgehead atoms. The van der Waals surface area contributed by atoms with E-state index in [0.29, 0.717) is 0 Å². The molecule has 0 aliphatic carbocycles. The van der Waals surface area contributed by atoms with Gasteiger partial charge in [-0.15, -0.1) is 12.4 Å². The van der Waals surface area contributed by atoms with Crippen LogP contribution in [-0.2, 0) is 0 Å². The Balaban J connectivity index is 0.00000112. The van der Waals surface area contributed by atoms with E-state index in [9.17, 15) is 0 Å². The molecule has 2 atom stereocenters. The molecule has 4 heteroatoms. The second-order valence-electron chi connectivity index (χ2n) is 4.65. The van der Waals surface area contributed by atoms with Gasteiger partial charge in [0.05, 0.1) is 0 Å². The summed E-state index contributed by atoms with van der Waals surface area (Å²) in [6.07, 6.45) is 2.81. The number of hydrogen-bond donors (Lipinski definition) is 1. The van der Waals surface area contributed by atoms with Gasteiger partial charge in [-0.3, -0.25) is 0 Å². The molecule has 0 radical (unpaired) electrons. The van der Waals surface area contributed by atoms with Crippen LogP contribution in [0.3, 0.4) is 0 Å². The minimum Gasteiger partial charge on any atom is -0.316 e. The zero-order valence-electron chi connectivity index (χ0n) is 9.58.